The highest BCUT2D eigenvalue weighted by Gasteiger charge is 2.28. The monoisotopic (exact) mass is 246 g/mol. The molecule has 0 unspecified atom stereocenters. The number of fused-ring (bicyclic) bond motifs is 1. The predicted molar refractivity (Wildman–Crippen MR) is 72.7 cm³/mol. The standard InChI is InChI=1S/C15H22N2O/c1-11(2)17-8-12(9-17)10-18-15-4-3-13-6-16-7-14(13)5-15/h3-5,11-12,16H,6-10H2,1-2H3. The molecular formula is C15H22N2O. The molecule has 0 bridgehead atoms. The summed E-state index contributed by atoms with van der Waals surface area (Å²) in [5.74, 6) is 1.74. The number of ether oxygens (including phenoxy) is 1. The van der Waals surface area contributed by atoms with Gasteiger partial charge in [-0.1, -0.05) is 6.07 Å². The van der Waals surface area contributed by atoms with Crippen LogP contribution in [0.1, 0.15) is 25.0 Å². The Balaban J connectivity index is 1.49. The van der Waals surface area contributed by atoms with Gasteiger partial charge in [0.2, 0.25) is 0 Å². The highest BCUT2D eigenvalue weighted by molar-refractivity contribution is 5.37. The Bertz CT molecular complexity index is 425. The lowest BCUT2D eigenvalue weighted by atomic mass is 9.99. The topological polar surface area (TPSA) is 24.5 Å². The van der Waals surface area contributed by atoms with Crippen LogP contribution in [-0.4, -0.2) is 30.6 Å². The molecule has 1 saturated heterocycles. The molecular weight excluding hydrogens is 224 g/mol. The minimum Gasteiger partial charge on any atom is -0.493 e. The Labute approximate surface area is 109 Å². The lowest BCUT2D eigenvalue weighted by Gasteiger charge is -2.41. The molecule has 3 heteroatoms. The van der Waals surface area contributed by atoms with Gasteiger partial charge in [-0.2, -0.15) is 0 Å². The number of nitrogens with one attached hydrogen (secondary N) is 1. The molecule has 0 radical (unpaired) electrons. The molecule has 2 aliphatic heterocycles. The first-order valence-corrected chi connectivity index (χ1v) is 6.92. The first-order valence-electron chi connectivity index (χ1n) is 6.92. The summed E-state index contributed by atoms with van der Waals surface area (Å²) in [5, 5.41) is 3.36. The maximum absolute atomic E-state index is 5.91. The fourth-order valence-corrected chi connectivity index (χ4v) is 2.71. The Hall–Kier alpha value is -1.06. The van der Waals surface area contributed by atoms with Crippen molar-refractivity contribution in [1.82, 2.24) is 10.2 Å². The molecule has 3 nitrogen and oxygen atoms in total. The Morgan fingerprint density at radius 3 is 2.83 bits per heavy atom. The van der Waals surface area contributed by atoms with Crippen LogP contribution in [0.2, 0.25) is 0 Å². The number of rotatable bonds is 4. The van der Waals surface area contributed by atoms with Gasteiger partial charge >= 0.3 is 0 Å². The van der Waals surface area contributed by atoms with Crippen LogP contribution in [0.3, 0.4) is 0 Å². The van der Waals surface area contributed by atoms with E-state index in [2.05, 4.69) is 42.3 Å². The molecule has 18 heavy (non-hydrogen) atoms. The fourth-order valence-electron chi connectivity index (χ4n) is 2.71. The van der Waals surface area contributed by atoms with E-state index >= 15 is 0 Å². The van der Waals surface area contributed by atoms with Crippen molar-refractivity contribution in [2.45, 2.75) is 33.0 Å². The molecule has 1 N–H and O–H groups in total. The summed E-state index contributed by atoms with van der Waals surface area (Å²) in [6, 6.07) is 7.15. The molecule has 0 aliphatic carbocycles. The Morgan fingerprint density at radius 2 is 2.06 bits per heavy atom. The molecule has 2 aliphatic rings. The lowest BCUT2D eigenvalue weighted by Crippen LogP contribution is -2.52. The van der Waals surface area contributed by atoms with Crippen molar-refractivity contribution in [3.63, 3.8) is 0 Å². The maximum Gasteiger partial charge on any atom is 0.119 e. The van der Waals surface area contributed by atoms with Crippen LogP contribution in [0.25, 0.3) is 0 Å². The average Bonchev–Trinajstić information content (AvgIpc) is 2.73. The van der Waals surface area contributed by atoms with Gasteiger partial charge in [-0.05, 0) is 37.1 Å². The molecule has 0 saturated carbocycles. The number of hydrogen-bond donors (Lipinski definition) is 1. The zero-order chi connectivity index (χ0) is 12.5. The molecule has 0 spiro atoms. The van der Waals surface area contributed by atoms with E-state index in [1.54, 1.807) is 0 Å². The smallest absolute Gasteiger partial charge is 0.119 e. The normalized spacial score (nSPS) is 19.9. The van der Waals surface area contributed by atoms with Gasteiger partial charge in [0.15, 0.2) is 0 Å². The van der Waals surface area contributed by atoms with Gasteiger partial charge in [0, 0.05) is 38.1 Å². The summed E-state index contributed by atoms with van der Waals surface area (Å²) >= 11 is 0. The van der Waals surface area contributed by atoms with Crippen LogP contribution in [0, 0.1) is 5.92 Å². The van der Waals surface area contributed by atoms with E-state index in [-0.39, 0.29) is 0 Å². The third-order valence-corrected chi connectivity index (χ3v) is 4.01. The zero-order valence-corrected chi connectivity index (χ0v) is 11.3. The summed E-state index contributed by atoms with van der Waals surface area (Å²) < 4.78 is 5.91. The number of benzene rings is 1. The molecule has 1 aromatic rings. The second kappa shape index (κ2) is 4.90. The van der Waals surface area contributed by atoms with E-state index in [0.717, 1.165) is 25.4 Å². The highest BCUT2D eigenvalue weighted by Crippen LogP contribution is 2.24. The highest BCUT2D eigenvalue weighted by atomic mass is 16.5. The number of hydrogen-bond acceptors (Lipinski definition) is 3. The van der Waals surface area contributed by atoms with Crippen molar-refractivity contribution in [2.24, 2.45) is 5.92 Å². The third-order valence-electron chi connectivity index (χ3n) is 4.01. The van der Waals surface area contributed by atoms with Gasteiger partial charge in [-0.25, -0.2) is 0 Å². The van der Waals surface area contributed by atoms with Gasteiger partial charge in [0.05, 0.1) is 6.61 Å². The molecule has 2 heterocycles. The van der Waals surface area contributed by atoms with Crippen molar-refractivity contribution in [2.75, 3.05) is 19.7 Å². The first-order chi connectivity index (χ1) is 8.72. The van der Waals surface area contributed by atoms with Crippen molar-refractivity contribution < 1.29 is 4.74 Å². The average molecular weight is 246 g/mol. The van der Waals surface area contributed by atoms with E-state index in [0.29, 0.717) is 12.0 Å². The van der Waals surface area contributed by atoms with E-state index in [1.165, 1.54) is 24.2 Å². The molecule has 0 aromatic heterocycles. The number of likely N-dealkylation sites (tertiary alicyclic amines) is 1. The summed E-state index contributed by atoms with van der Waals surface area (Å²) in [4.78, 5) is 2.49. The Morgan fingerprint density at radius 1 is 1.28 bits per heavy atom. The number of nitrogens with zero attached hydrogens (tertiary/aromatic N) is 1. The molecule has 1 fully saturated rings. The van der Waals surface area contributed by atoms with Crippen molar-refractivity contribution >= 4 is 0 Å². The van der Waals surface area contributed by atoms with E-state index in [9.17, 15) is 0 Å². The zero-order valence-electron chi connectivity index (χ0n) is 11.3. The summed E-state index contributed by atoms with van der Waals surface area (Å²) in [6.45, 7) is 9.72. The van der Waals surface area contributed by atoms with Crippen LogP contribution in [0.15, 0.2) is 18.2 Å². The van der Waals surface area contributed by atoms with E-state index < -0.39 is 0 Å². The molecule has 0 atom stereocenters. The minimum absolute atomic E-state index is 0.673. The van der Waals surface area contributed by atoms with Crippen LogP contribution in [0.5, 0.6) is 5.75 Å². The van der Waals surface area contributed by atoms with E-state index in [1.807, 2.05) is 0 Å². The molecule has 3 rings (SSSR count). The van der Waals surface area contributed by atoms with Crippen LogP contribution >= 0.6 is 0 Å². The predicted octanol–water partition coefficient (Wildman–Crippen LogP) is 2.01. The van der Waals surface area contributed by atoms with Crippen molar-refractivity contribution in [1.29, 1.82) is 0 Å². The van der Waals surface area contributed by atoms with Crippen LogP contribution in [0.4, 0.5) is 0 Å². The first kappa shape index (κ1) is 12.0. The molecule has 98 valence electrons. The third kappa shape index (κ3) is 2.38. The Kier molecular flexibility index (Phi) is 3.27. The lowest BCUT2D eigenvalue weighted by molar-refractivity contribution is 0.0375. The van der Waals surface area contributed by atoms with Crippen LogP contribution in [-0.2, 0) is 13.1 Å². The molecule has 0 amide bonds. The summed E-state index contributed by atoms with van der Waals surface area (Å²) in [6.07, 6.45) is 0. The quantitative estimate of drug-likeness (QED) is 0.879. The van der Waals surface area contributed by atoms with E-state index in [4.69, 9.17) is 4.74 Å². The second-order valence-corrected chi connectivity index (χ2v) is 5.76. The van der Waals surface area contributed by atoms with Gasteiger partial charge in [0.25, 0.3) is 0 Å². The molecule has 1 aromatic carbocycles. The van der Waals surface area contributed by atoms with Crippen LogP contribution < -0.4 is 10.1 Å². The van der Waals surface area contributed by atoms with Crippen molar-refractivity contribution in [3.05, 3.63) is 29.3 Å². The van der Waals surface area contributed by atoms with Gasteiger partial charge in [-0.3, -0.25) is 0 Å². The maximum atomic E-state index is 5.91. The minimum atomic E-state index is 0.673. The van der Waals surface area contributed by atoms with Gasteiger partial charge in [-0.15, -0.1) is 0 Å². The largest absolute Gasteiger partial charge is 0.493 e. The van der Waals surface area contributed by atoms with Gasteiger partial charge in [0.1, 0.15) is 5.75 Å². The SMILES string of the molecule is CC(C)N1CC(COc2ccc3c(c2)CNC3)C1. The van der Waals surface area contributed by atoms with Crippen molar-refractivity contribution in [3.8, 4) is 5.75 Å². The second-order valence-electron chi connectivity index (χ2n) is 5.76. The van der Waals surface area contributed by atoms with Gasteiger partial charge < -0.3 is 15.0 Å². The summed E-state index contributed by atoms with van der Waals surface area (Å²) in [5.41, 5.74) is 2.81. The fraction of sp³-hybridized carbons (Fsp3) is 0.600. The summed E-state index contributed by atoms with van der Waals surface area (Å²) in [7, 11) is 0.